The van der Waals surface area contributed by atoms with Crippen molar-refractivity contribution in [3.8, 4) is 5.75 Å². The van der Waals surface area contributed by atoms with Crippen molar-refractivity contribution in [2.75, 3.05) is 26.0 Å². The molecule has 0 saturated carbocycles. The lowest BCUT2D eigenvalue weighted by molar-refractivity contribution is -0.152. The SMILES string of the molecule is CCN(C)[C@@H]1C(=O)C(C(N)=O)=C(O)[C@@](O)(C(=O)C2=C(O)c3c(O)cccc3C(CS(=O)Cc3ccccc3)C2C)C1CO. The minimum absolute atomic E-state index is 0.00642. The second kappa shape index (κ2) is 12.4. The van der Waals surface area contributed by atoms with E-state index in [9.17, 15) is 44.1 Å². The van der Waals surface area contributed by atoms with Crippen molar-refractivity contribution in [1.29, 1.82) is 0 Å². The van der Waals surface area contributed by atoms with E-state index in [-0.39, 0.29) is 29.4 Å². The molecule has 12 heteroatoms. The molecule has 7 N–H and O–H groups in total. The number of nitrogens with two attached hydrogens (primary N) is 1. The van der Waals surface area contributed by atoms with Crippen molar-refractivity contribution in [3.63, 3.8) is 0 Å². The van der Waals surface area contributed by atoms with Gasteiger partial charge in [-0.2, -0.15) is 0 Å². The maximum absolute atomic E-state index is 14.4. The summed E-state index contributed by atoms with van der Waals surface area (Å²) in [6.45, 7) is 2.47. The number of aliphatic hydroxyl groups excluding tert-OH is 3. The number of primary amides is 1. The van der Waals surface area contributed by atoms with Gasteiger partial charge < -0.3 is 31.3 Å². The second-order valence-electron chi connectivity index (χ2n) is 11.0. The molecule has 2 aliphatic rings. The molecule has 0 saturated heterocycles. The highest BCUT2D eigenvalue weighted by molar-refractivity contribution is 7.84. The Hall–Kier alpha value is -3.84. The van der Waals surface area contributed by atoms with Gasteiger partial charge in [0.15, 0.2) is 11.4 Å². The van der Waals surface area contributed by atoms with Crippen LogP contribution in [0.2, 0.25) is 0 Å². The predicted octanol–water partition coefficient (Wildman–Crippen LogP) is 1.45. The molecule has 4 rings (SSSR count). The first-order chi connectivity index (χ1) is 20.3. The van der Waals surface area contributed by atoms with Crippen LogP contribution in [0.3, 0.4) is 0 Å². The van der Waals surface area contributed by atoms with E-state index in [0.29, 0.717) is 5.56 Å². The molecule has 0 radical (unpaired) electrons. The number of amides is 1. The van der Waals surface area contributed by atoms with E-state index in [4.69, 9.17) is 5.73 Å². The number of nitrogens with zero attached hydrogens (tertiary/aromatic N) is 1. The van der Waals surface area contributed by atoms with E-state index in [1.54, 1.807) is 26.0 Å². The summed E-state index contributed by atoms with van der Waals surface area (Å²) >= 11 is 0. The molecule has 0 fully saturated rings. The van der Waals surface area contributed by atoms with Gasteiger partial charge in [0.05, 0.1) is 18.2 Å². The number of Topliss-reactive ketones (excluding diaryl/α,β-unsaturated/α-hetero) is 2. The van der Waals surface area contributed by atoms with Crippen LogP contribution in [0.4, 0.5) is 0 Å². The van der Waals surface area contributed by atoms with Crippen LogP contribution < -0.4 is 5.73 Å². The van der Waals surface area contributed by atoms with Gasteiger partial charge >= 0.3 is 0 Å². The molecule has 0 aliphatic heterocycles. The number of rotatable bonds is 10. The minimum Gasteiger partial charge on any atom is -0.508 e. The Balaban J connectivity index is 1.88. The van der Waals surface area contributed by atoms with Crippen molar-refractivity contribution in [1.82, 2.24) is 4.90 Å². The van der Waals surface area contributed by atoms with Crippen molar-refractivity contribution in [2.45, 2.75) is 37.2 Å². The molecule has 0 heterocycles. The molecule has 11 nitrogen and oxygen atoms in total. The number of hydrogen-bond acceptors (Lipinski definition) is 10. The molecule has 2 aromatic carbocycles. The van der Waals surface area contributed by atoms with E-state index in [0.717, 1.165) is 5.56 Å². The summed E-state index contributed by atoms with van der Waals surface area (Å²) in [7, 11) is 0.00161. The summed E-state index contributed by atoms with van der Waals surface area (Å²) < 4.78 is 13.4. The molecule has 2 aliphatic carbocycles. The molecule has 43 heavy (non-hydrogen) atoms. The summed E-state index contributed by atoms with van der Waals surface area (Å²) in [6, 6.07) is 12.2. The van der Waals surface area contributed by atoms with Crippen LogP contribution in [0.1, 0.15) is 36.5 Å². The zero-order valence-corrected chi connectivity index (χ0v) is 24.9. The Morgan fingerprint density at radius 2 is 1.72 bits per heavy atom. The van der Waals surface area contributed by atoms with Crippen LogP contribution in [0.15, 0.2) is 65.4 Å². The van der Waals surface area contributed by atoms with Crippen LogP contribution in [-0.4, -0.2) is 89.7 Å². The van der Waals surface area contributed by atoms with Crippen molar-refractivity contribution < 1.29 is 44.1 Å². The zero-order chi connectivity index (χ0) is 31.8. The molecule has 0 aromatic heterocycles. The first-order valence-electron chi connectivity index (χ1n) is 13.8. The highest BCUT2D eigenvalue weighted by Crippen LogP contribution is 2.49. The van der Waals surface area contributed by atoms with Gasteiger partial charge in [-0.15, -0.1) is 0 Å². The molecule has 1 amide bonds. The van der Waals surface area contributed by atoms with E-state index in [1.807, 2.05) is 30.3 Å². The number of benzene rings is 2. The normalized spacial score (nSPS) is 26.4. The van der Waals surface area contributed by atoms with Gasteiger partial charge in [-0.05, 0) is 36.7 Å². The Morgan fingerprint density at radius 3 is 2.30 bits per heavy atom. The number of carbonyl (C=O) groups excluding carboxylic acids is 3. The molecule has 6 atom stereocenters. The number of fused-ring (bicyclic) bond motifs is 1. The van der Waals surface area contributed by atoms with Gasteiger partial charge in [-0.25, -0.2) is 0 Å². The lowest BCUT2D eigenvalue weighted by atomic mass is 9.64. The Labute approximate surface area is 251 Å². The third-order valence-corrected chi connectivity index (χ3v) is 9.99. The summed E-state index contributed by atoms with van der Waals surface area (Å²) in [5.74, 6) is -9.14. The molecule has 2 aromatic rings. The molecule has 0 bridgehead atoms. The zero-order valence-electron chi connectivity index (χ0n) is 24.1. The third kappa shape index (κ3) is 5.40. The second-order valence-corrected chi connectivity index (χ2v) is 12.5. The van der Waals surface area contributed by atoms with Gasteiger partial charge in [0.2, 0.25) is 5.78 Å². The average molecular weight is 613 g/mol. The topological polar surface area (TPSA) is 199 Å². The van der Waals surface area contributed by atoms with Crippen LogP contribution in [-0.2, 0) is 30.9 Å². The maximum Gasteiger partial charge on any atom is 0.255 e. The number of phenols is 1. The number of likely N-dealkylation sites (N-methyl/N-ethyl adjacent to an activating group) is 1. The summed E-state index contributed by atoms with van der Waals surface area (Å²) in [4.78, 5) is 41.4. The quantitative estimate of drug-likeness (QED) is 0.214. The fourth-order valence-electron chi connectivity index (χ4n) is 6.21. The highest BCUT2D eigenvalue weighted by Gasteiger charge is 2.61. The monoisotopic (exact) mass is 612 g/mol. The van der Waals surface area contributed by atoms with Gasteiger partial charge in [0, 0.05) is 39.7 Å². The van der Waals surface area contributed by atoms with E-state index in [2.05, 4.69) is 0 Å². The smallest absolute Gasteiger partial charge is 0.255 e. The Kier molecular flexibility index (Phi) is 9.26. The number of phenolic OH excluding ortho intramolecular Hbond substituents is 1. The lowest BCUT2D eigenvalue weighted by Crippen LogP contribution is -2.64. The van der Waals surface area contributed by atoms with Crippen LogP contribution in [0.25, 0.3) is 5.76 Å². The minimum atomic E-state index is -3.06. The van der Waals surface area contributed by atoms with Gasteiger partial charge in [-0.3, -0.25) is 23.5 Å². The van der Waals surface area contributed by atoms with Crippen molar-refractivity contribution >= 4 is 34.0 Å². The first kappa shape index (κ1) is 32.1. The van der Waals surface area contributed by atoms with E-state index < -0.39 is 86.9 Å². The van der Waals surface area contributed by atoms with Crippen LogP contribution in [0, 0.1) is 11.8 Å². The fraction of sp³-hybridized carbons (Fsp3) is 0.387. The van der Waals surface area contributed by atoms with Gasteiger partial charge in [0.1, 0.15) is 22.8 Å². The number of ketones is 2. The number of aromatic hydroxyl groups is 1. The lowest BCUT2D eigenvalue weighted by Gasteiger charge is -2.45. The Bertz CT molecular complexity index is 1540. The third-order valence-electron chi connectivity index (χ3n) is 8.60. The molecule has 0 spiro atoms. The molecule has 4 unspecified atom stereocenters. The van der Waals surface area contributed by atoms with Crippen molar-refractivity contribution in [2.24, 2.45) is 17.6 Å². The van der Waals surface area contributed by atoms with Crippen LogP contribution in [0.5, 0.6) is 5.75 Å². The van der Waals surface area contributed by atoms with E-state index >= 15 is 0 Å². The summed E-state index contributed by atoms with van der Waals surface area (Å²) in [5, 5.41) is 55.8. The number of hydrogen-bond donors (Lipinski definition) is 6. The van der Waals surface area contributed by atoms with Crippen molar-refractivity contribution in [3.05, 3.63) is 82.1 Å². The largest absolute Gasteiger partial charge is 0.508 e. The predicted molar refractivity (Wildman–Crippen MR) is 159 cm³/mol. The summed E-state index contributed by atoms with van der Waals surface area (Å²) in [6.07, 6.45) is 0. The Morgan fingerprint density at radius 1 is 1.07 bits per heavy atom. The standard InChI is InChI=1S/C31H36N2O9S/c1-4-33(3)25-20(13-34)31(41,29(39)24(27(25)37)30(32)40)28(38)22-16(2)19(15-43(42)14-17-9-6-5-7-10-17)18-11-8-12-21(35)23(18)26(22)36/h5-12,16,19-20,25,34-36,39,41H,4,13-15H2,1-3H3,(H2,32,40)/t16?,19?,20?,25-,31-,43?/m0/s1. The molecular formula is C31H36N2O9S. The summed E-state index contributed by atoms with van der Waals surface area (Å²) in [5.41, 5.74) is 2.06. The molecular weight excluding hydrogens is 576 g/mol. The van der Waals surface area contributed by atoms with Crippen LogP contribution >= 0.6 is 0 Å². The molecule has 230 valence electrons. The number of carbonyl (C=O) groups is 3. The maximum atomic E-state index is 14.4. The fourth-order valence-corrected chi connectivity index (χ4v) is 7.76. The van der Waals surface area contributed by atoms with Gasteiger partial charge in [0.25, 0.3) is 5.91 Å². The first-order valence-corrected chi connectivity index (χ1v) is 15.3. The van der Waals surface area contributed by atoms with E-state index in [1.165, 1.54) is 18.0 Å². The average Bonchev–Trinajstić information content (AvgIpc) is 2.96. The highest BCUT2D eigenvalue weighted by atomic mass is 32.2. The van der Waals surface area contributed by atoms with Gasteiger partial charge in [-0.1, -0.05) is 56.3 Å². The number of aliphatic hydroxyl groups is 4.